The Morgan fingerprint density at radius 1 is 1.41 bits per heavy atom. The van der Waals surface area contributed by atoms with Gasteiger partial charge >= 0.3 is 5.97 Å². The summed E-state index contributed by atoms with van der Waals surface area (Å²) < 4.78 is 0. The number of carbonyl (C=O) groups is 1. The minimum absolute atomic E-state index is 0.681. The van der Waals surface area contributed by atoms with Crippen LogP contribution in [0.25, 0.3) is 10.9 Å². The Kier molecular flexibility index (Phi) is 3.06. The van der Waals surface area contributed by atoms with Crippen molar-refractivity contribution in [2.75, 3.05) is 7.05 Å². The van der Waals surface area contributed by atoms with Gasteiger partial charge in [-0.2, -0.15) is 0 Å². The Hall–Kier alpha value is -1.94. The first-order chi connectivity index (χ1) is 8.11. The van der Waals surface area contributed by atoms with Gasteiger partial charge in [0.15, 0.2) is 0 Å². The lowest BCUT2D eigenvalue weighted by Gasteiger charge is -2.12. The number of aliphatic carboxylic acids is 1. The molecule has 0 saturated heterocycles. The summed E-state index contributed by atoms with van der Waals surface area (Å²) in [7, 11) is 1.64. The average Bonchev–Trinajstić information content (AvgIpc) is 2.29. The van der Waals surface area contributed by atoms with E-state index in [1.807, 2.05) is 25.1 Å². The second kappa shape index (κ2) is 4.51. The maximum Gasteiger partial charge on any atom is 0.325 e. The van der Waals surface area contributed by atoms with Crippen LogP contribution in [-0.4, -0.2) is 23.1 Å². The molecule has 0 fully saturated rings. The number of nitrogens with one attached hydrogen (secondary N) is 1. The fraction of sp³-hybridized carbons (Fsp3) is 0.231. The topological polar surface area (TPSA) is 62.2 Å². The van der Waals surface area contributed by atoms with Crippen LogP contribution in [0.3, 0.4) is 0 Å². The molecule has 4 heteroatoms. The summed E-state index contributed by atoms with van der Waals surface area (Å²) in [5.74, 6) is -0.882. The number of pyridine rings is 1. The summed E-state index contributed by atoms with van der Waals surface area (Å²) in [6.45, 7) is 1.96. The van der Waals surface area contributed by atoms with Gasteiger partial charge in [0.1, 0.15) is 6.04 Å². The molecular formula is C13H14N2O2. The standard InChI is InChI=1S/C13H14N2O2/c1-8-5-10-6-9(12(14-2)13(16)17)3-4-11(10)15-7-8/h3-7,12,14H,1-2H3,(H,16,17). The lowest BCUT2D eigenvalue weighted by atomic mass is 10.0. The molecule has 0 aliphatic heterocycles. The molecule has 0 radical (unpaired) electrons. The number of nitrogens with zero attached hydrogens (tertiary/aromatic N) is 1. The normalized spacial score (nSPS) is 12.6. The number of aryl methyl sites for hydroxylation is 1. The van der Waals surface area contributed by atoms with E-state index in [0.717, 1.165) is 22.0 Å². The highest BCUT2D eigenvalue weighted by Gasteiger charge is 2.17. The van der Waals surface area contributed by atoms with Crippen molar-refractivity contribution < 1.29 is 9.90 Å². The number of carboxylic acids is 1. The van der Waals surface area contributed by atoms with Crippen LogP contribution in [0.2, 0.25) is 0 Å². The maximum atomic E-state index is 11.1. The third-order valence-electron chi connectivity index (χ3n) is 2.71. The number of rotatable bonds is 3. The van der Waals surface area contributed by atoms with Gasteiger partial charge in [0.25, 0.3) is 0 Å². The van der Waals surface area contributed by atoms with Crippen molar-refractivity contribution in [2.24, 2.45) is 0 Å². The summed E-state index contributed by atoms with van der Waals surface area (Å²) in [6, 6.07) is 6.82. The first-order valence-electron chi connectivity index (χ1n) is 5.38. The van der Waals surface area contributed by atoms with Crippen molar-refractivity contribution in [3.63, 3.8) is 0 Å². The number of fused-ring (bicyclic) bond motifs is 1. The number of likely N-dealkylation sites (N-methyl/N-ethyl adjacent to an activating group) is 1. The zero-order valence-corrected chi connectivity index (χ0v) is 9.77. The molecule has 17 heavy (non-hydrogen) atoms. The van der Waals surface area contributed by atoms with Gasteiger partial charge in [-0.3, -0.25) is 9.78 Å². The molecule has 0 amide bonds. The first-order valence-corrected chi connectivity index (χ1v) is 5.38. The third kappa shape index (κ3) is 2.26. The highest BCUT2D eigenvalue weighted by molar-refractivity contribution is 5.83. The zero-order valence-electron chi connectivity index (χ0n) is 9.77. The van der Waals surface area contributed by atoms with Crippen LogP contribution in [0, 0.1) is 6.92 Å². The fourth-order valence-electron chi connectivity index (χ4n) is 1.87. The number of hydrogen-bond acceptors (Lipinski definition) is 3. The Labute approximate surface area is 99.3 Å². The van der Waals surface area contributed by atoms with Crippen LogP contribution in [0.4, 0.5) is 0 Å². The van der Waals surface area contributed by atoms with Crippen molar-refractivity contribution in [2.45, 2.75) is 13.0 Å². The summed E-state index contributed by atoms with van der Waals surface area (Å²) in [4.78, 5) is 15.3. The minimum Gasteiger partial charge on any atom is -0.480 e. The number of benzene rings is 1. The molecule has 2 N–H and O–H groups in total. The van der Waals surface area contributed by atoms with Gasteiger partial charge in [-0.05, 0) is 43.3 Å². The highest BCUT2D eigenvalue weighted by Crippen LogP contribution is 2.20. The van der Waals surface area contributed by atoms with Crippen LogP contribution < -0.4 is 5.32 Å². The van der Waals surface area contributed by atoms with Crippen LogP contribution in [-0.2, 0) is 4.79 Å². The predicted molar refractivity (Wildman–Crippen MR) is 65.9 cm³/mol. The fourth-order valence-corrected chi connectivity index (χ4v) is 1.87. The minimum atomic E-state index is -0.882. The summed E-state index contributed by atoms with van der Waals surface area (Å²) in [5.41, 5.74) is 2.67. The monoisotopic (exact) mass is 230 g/mol. The smallest absolute Gasteiger partial charge is 0.325 e. The Bertz CT molecular complexity index is 566. The van der Waals surface area contributed by atoms with Crippen molar-refractivity contribution in [3.05, 3.63) is 41.6 Å². The Balaban J connectivity index is 2.53. The Morgan fingerprint density at radius 3 is 2.82 bits per heavy atom. The van der Waals surface area contributed by atoms with Gasteiger partial charge in [-0.1, -0.05) is 6.07 Å². The van der Waals surface area contributed by atoms with E-state index in [1.54, 1.807) is 19.3 Å². The molecule has 2 rings (SSSR count). The molecule has 1 atom stereocenters. The molecule has 1 aromatic carbocycles. The molecule has 2 aromatic rings. The summed E-state index contributed by atoms with van der Waals surface area (Å²) in [6.07, 6.45) is 1.80. The first kappa shape index (κ1) is 11.5. The molecular weight excluding hydrogens is 216 g/mol. The molecule has 88 valence electrons. The predicted octanol–water partition coefficient (Wildman–Crippen LogP) is 1.89. The van der Waals surface area contributed by atoms with E-state index in [2.05, 4.69) is 10.3 Å². The zero-order chi connectivity index (χ0) is 12.4. The highest BCUT2D eigenvalue weighted by atomic mass is 16.4. The molecule has 0 saturated carbocycles. The molecule has 1 unspecified atom stereocenters. The summed E-state index contributed by atoms with van der Waals surface area (Å²) in [5, 5.41) is 12.8. The quantitative estimate of drug-likeness (QED) is 0.845. The van der Waals surface area contributed by atoms with E-state index in [4.69, 9.17) is 5.11 Å². The maximum absolute atomic E-state index is 11.1. The molecule has 0 spiro atoms. The second-order valence-electron chi connectivity index (χ2n) is 4.02. The average molecular weight is 230 g/mol. The van der Waals surface area contributed by atoms with Gasteiger partial charge in [0.2, 0.25) is 0 Å². The number of carboxylic acid groups (broad SMARTS) is 1. The van der Waals surface area contributed by atoms with E-state index in [-0.39, 0.29) is 0 Å². The van der Waals surface area contributed by atoms with E-state index in [1.165, 1.54) is 0 Å². The van der Waals surface area contributed by atoms with Crippen molar-refractivity contribution in [1.82, 2.24) is 10.3 Å². The molecule has 0 bridgehead atoms. The van der Waals surface area contributed by atoms with E-state index in [0.29, 0.717) is 0 Å². The van der Waals surface area contributed by atoms with Crippen LogP contribution in [0.1, 0.15) is 17.2 Å². The van der Waals surface area contributed by atoms with Crippen LogP contribution >= 0.6 is 0 Å². The van der Waals surface area contributed by atoms with Gasteiger partial charge < -0.3 is 10.4 Å². The van der Waals surface area contributed by atoms with Gasteiger partial charge in [-0.15, -0.1) is 0 Å². The largest absolute Gasteiger partial charge is 0.480 e. The lowest BCUT2D eigenvalue weighted by molar-refractivity contribution is -0.139. The van der Waals surface area contributed by atoms with E-state index < -0.39 is 12.0 Å². The summed E-state index contributed by atoms with van der Waals surface area (Å²) >= 11 is 0. The molecule has 1 heterocycles. The molecule has 0 aliphatic carbocycles. The van der Waals surface area contributed by atoms with E-state index >= 15 is 0 Å². The lowest BCUT2D eigenvalue weighted by Crippen LogP contribution is -2.24. The number of aromatic nitrogens is 1. The van der Waals surface area contributed by atoms with Crippen LogP contribution in [0.5, 0.6) is 0 Å². The number of hydrogen-bond donors (Lipinski definition) is 2. The van der Waals surface area contributed by atoms with Crippen LogP contribution in [0.15, 0.2) is 30.5 Å². The second-order valence-corrected chi connectivity index (χ2v) is 4.02. The van der Waals surface area contributed by atoms with E-state index in [9.17, 15) is 4.79 Å². The Morgan fingerprint density at radius 2 is 2.18 bits per heavy atom. The molecule has 4 nitrogen and oxygen atoms in total. The molecule has 0 aliphatic rings. The van der Waals surface area contributed by atoms with Gasteiger partial charge in [0.05, 0.1) is 5.52 Å². The van der Waals surface area contributed by atoms with Crippen molar-refractivity contribution in [3.8, 4) is 0 Å². The van der Waals surface area contributed by atoms with Gasteiger partial charge in [-0.25, -0.2) is 0 Å². The van der Waals surface area contributed by atoms with Crippen molar-refractivity contribution >= 4 is 16.9 Å². The molecule has 1 aromatic heterocycles. The third-order valence-corrected chi connectivity index (χ3v) is 2.71. The van der Waals surface area contributed by atoms with Gasteiger partial charge in [0, 0.05) is 11.6 Å². The van der Waals surface area contributed by atoms with Crippen molar-refractivity contribution in [1.29, 1.82) is 0 Å². The SMILES string of the molecule is CNC(C(=O)O)c1ccc2ncc(C)cc2c1.